The second kappa shape index (κ2) is 6.40. The largest absolute Gasteiger partial charge is 0.442 e. The molecule has 3 aliphatic heterocycles. The van der Waals surface area contributed by atoms with Crippen molar-refractivity contribution in [3.63, 3.8) is 0 Å². The smallest absolute Gasteiger partial charge is 0.407 e. The van der Waals surface area contributed by atoms with E-state index in [0.717, 1.165) is 17.9 Å². The van der Waals surface area contributed by atoms with Crippen LogP contribution < -0.4 is 5.32 Å². The standard InChI is InChI=1S/C15H25NO6S/c1-14(2)20-10-9(19-12(18-4)11(10)21-14)7-16-13(17)22-15(3)5-6-23-8-15/h9-12H,5-8H2,1-4H3,(H,16,17)/t9-,10-,11-,12-,15?/m1/s1. The first kappa shape index (κ1) is 17.3. The van der Waals surface area contributed by atoms with E-state index in [0.29, 0.717) is 6.54 Å². The number of thioether (sulfide) groups is 1. The lowest BCUT2D eigenvalue weighted by Gasteiger charge is -2.25. The van der Waals surface area contributed by atoms with Gasteiger partial charge >= 0.3 is 6.09 Å². The van der Waals surface area contributed by atoms with Crippen LogP contribution in [0.5, 0.6) is 0 Å². The van der Waals surface area contributed by atoms with Gasteiger partial charge in [-0.05, 0) is 32.9 Å². The van der Waals surface area contributed by atoms with Gasteiger partial charge < -0.3 is 29.0 Å². The first-order valence-corrected chi connectivity index (χ1v) is 9.06. The third-order valence-corrected chi connectivity index (χ3v) is 5.62. The van der Waals surface area contributed by atoms with E-state index in [1.807, 2.05) is 20.8 Å². The van der Waals surface area contributed by atoms with E-state index in [1.54, 1.807) is 18.9 Å². The molecule has 3 rings (SSSR count). The van der Waals surface area contributed by atoms with E-state index in [1.165, 1.54) is 0 Å². The Morgan fingerprint density at radius 3 is 2.70 bits per heavy atom. The van der Waals surface area contributed by atoms with E-state index in [-0.39, 0.29) is 23.9 Å². The number of methoxy groups -OCH3 is 1. The van der Waals surface area contributed by atoms with Gasteiger partial charge in [0.25, 0.3) is 0 Å². The molecule has 0 aliphatic carbocycles. The van der Waals surface area contributed by atoms with Crippen molar-refractivity contribution in [1.29, 1.82) is 0 Å². The number of rotatable bonds is 4. The summed E-state index contributed by atoms with van der Waals surface area (Å²) in [7, 11) is 1.57. The fourth-order valence-electron chi connectivity index (χ4n) is 3.17. The molecule has 132 valence electrons. The average Bonchev–Trinajstić information content (AvgIpc) is 3.10. The molecule has 0 aromatic carbocycles. The summed E-state index contributed by atoms with van der Waals surface area (Å²) in [6, 6.07) is 0. The van der Waals surface area contributed by atoms with Gasteiger partial charge in [-0.1, -0.05) is 0 Å². The van der Waals surface area contributed by atoms with E-state index in [9.17, 15) is 4.79 Å². The van der Waals surface area contributed by atoms with Crippen LogP contribution in [0.3, 0.4) is 0 Å². The number of alkyl carbamates (subject to hydrolysis) is 1. The Morgan fingerprint density at radius 2 is 2.04 bits per heavy atom. The quantitative estimate of drug-likeness (QED) is 0.826. The van der Waals surface area contributed by atoms with Crippen LogP contribution in [-0.4, -0.2) is 67.2 Å². The number of fused-ring (bicyclic) bond motifs is 1. The predicted molar refractivity (Wildman–Crippen MR) is 84.3 cm³/mol. The minimum atomic E-state index is -0.677. The highest BCUT2D eigenvalue weighted by atomic mass is 32.2. The summed E-state index contributed by atoms with van der Waals surface area (Å²) >= 11 is 1.80. The predicted octanol–water partition coefficient (Wildman–Crippen LogP) is 1.50. The number of carbonyl (C=O) groups is 1. The molecule has 8 heteroatoms. The Bertz CT molecular complexity index is 453. The van der Waals surface area contributed by atoms with E-state index < -0.39 is 18.2 Å². The molecule has 5 atom stereocenters. The second-order valence-electron chi connectivity index (χ2n) is 6.87. The minimum Gasteiger partial charge on any atom is -0.442 e. The molecule has 7 nitrogen and oxygen atoms in total. The molecule has 3 heterocycles. The summed E-state index contributed by atoms with van der Waals surface area (Å²) < 4.78 is 28.3. The molecule has 0 radical (unpaired) electrons. The number of amides is 1. The number of ether oxygens (including phenoxy) is 5. The normalized spacial score (nSPS) is 41.7. The zero-order chi connectivity index (χ0) is 16.7. The summed E-state index contributed by atoms with van der Waals surface area (Å²) in [4.78, 5) is 12.0. The topological polar surface area (TPSA) is 75.3 Å². The lowest BCUT2D eigenvalue weighted by Crippen LogP contribution is -2.43. The van der Waals surface area contributed by atoms with Crippen molar-refractivity contribution >= 4 is 17.9 Å². The molecular formula is C15H25NO6S. The third kappa shape index (κ3) is 3.76. The van der Waals surface area contributed by atoms with Gasteiger partial charge in [0.05, 0.1) is 0 Å². The van der Waals surface area contributed by atoms with Crippen LogP contribution in [0.4, 0.5) is 4.79 Å². The van der Waals surface area contributed by atoms with E-state index >= 15 is 0 Å². The SMILES string of the molecule is CO[C@@H]1O[C@H](CNC(=O)OC2(C)CCSC2)[C@H]2OC(C)(C)O[C@@H]12. The molecule has 0 bridgehead atoms. The van der Waals surface area contributed by atoms with Gasteiger partial charge in [0.15, 0.2) is 12.1 Å². The monoisotopic (exact) mass is 347 g/mol. The van der Waals surface area contributed by atoms with E-state index in [4.69, 9.17) is 23.7 Å². The van der Waals surface area contributed by atoms with Gasteiger partial charge in [-0.2, -0.15) is 11.8 Å². The molecule has 0 spiro atoms. The van der Waals surface area contributed by atoms with Crippen molar-refractivity contribution in [2.75, 3.05) is 25.2 Å². The summed E-state index contributed by atoms with van der Waals surface area (Å²) in [6.07, 6.45) is -0.922. The van der Waals surface area contributed by atoms with Gasteiger partial charge in [0.2, 0.25) is 0 Å². The molecule has 0 aromatic rings. The summed E-state index contributed by atoms with van der Waals surface area (Å²) in [6.45, 7) is 5.97. The average molecular weight is 347 g/mol. The van der Waals surface area contributed by atoms with Gasteiger partial charge in [-0.3, -0.25) is 0 Å². The van der Waals surface area contributed by atoms with Gasteiger partial charge in [0, 0.05) is 19.4 Å². The van der Waals surface area contributed by atoms with E-state index in [2.05, 4.69) is 5.32 Å². The lowest BCUT2D eigenvalue weighted by atomic mass is 10.1. The molecule has 1 N–H and O–H groups in total. The number of hydrogen-bond donors (Lipinski definition) is 1. The number of carbonyl (C=O) groups excluding carboxylic acids is 1. The maximum Gasteiger partial charge on any atom is 0.407 e. The first-order valence-electron chi connectivity index (χ1n) is 7.90. The lowest BCUT2D eigenvalue weighted by molar-refractivity contribution is -0.226. The van der Waals surface area contributed by atoms with Crippen LogP contribution in [0.2, 0.25) is 0 Å². The van der Waals surface area contributed by atoms with Crippen molar-refractivity contribution in [3.8, 4) is 0 Å². The Hall–Kier alpha value is -0.540. The van der Waals surface area contributed by atoms with Crippen LogP contribution in [0.15, 0.2) is 0 Å². The molecule has 3 saturated heterocycles. The zero-order valence-electron chi connectivity index (χ0n) is 14.0. The van der Waals surface area contributed by atoms with Crippen LogP contribution in [0, 0.1) is 0 Å². The number of hydrogen-bond acceptors (Lipinski definition) is 7. The zero-order valence-corrected chi connectivity index (χ0v) is 14.8. The molecule has 1 unspecified atom stereocenters. The molecule has 3 aliphatic rings. The van der Waals surface area contributed by atoms with Crippen LogP contribution >= 0.6 is 11.8 Å². The first-order chi connectivity index (χ1) is 10.8. The van der Waals surface area contributed by atoms with Crippen molar-refractivity contribution in [3.05, 3.63) is 0 Å². The minimum absolute atomic E-state index is 0.270. The fraction of sp³-hybridized carbons (Fsp3) is 0.933. The second-order valence-corrected chi connectivity index (χ2v) is 7.97. The molecular weight excluding hydrogens is 322 g/mol. The highest BCUT2D eigenvalue weighted by Crippen LogP contribution is 2.38. The van der Waals surface area contributed by atoms with Crippen molar-refractivity contribution in [1.82, 2.24) is 5.32 Å². The van der Waals surface area contributed by atoms with Gasteiger partial charge in [-0.15, -0.1) is 0 Å². The van der Waals surface area contributed by atoms with Crippen LogP contribution in [0.25, 0.3) is 0 Å². The molecule has 0 saturated carbocycles. The fourth-order valence-corrected chi connectivity index (χ4v) is 4.52. The Balaban J connectivity index is 1.52. The molecule has 3 fully saturated rings. The molecule has 23 heavy (non-hydrogen) atoms. The van der Waals surface area contributed by atoms with Crippen molar-refractivity contribution in [2.45, 2.75) is 63.2 Å². The molecule has 0 aromatic heterocycles. The Kier molecular flexibility index (Phi) is 4.81. The Morgan fingerprint density at radius 1 is 1.30 bits per heavy atom. The molecule has 1 amide bonds. The Labute approximate surface area is 140 Å². The summed E-state index contributed by atoms with van der Waals surface area (Å²) in [5.74, 6) is 1.18. The van der Waals surface area contributed by atoms with Crippen LogP contribution in [-0.2, 0) is 23.7 Å². The van der Waals surface area contributed by atoms with Gasteiger partial charge in [0.1, 0.15) is 23.9 Å². The van der Waals surface area contributed by atoms with Crippen molar-refractivity contribution in [2.24, 2.45) is 0 Å². The highest BCUT2D eigenvalue weighted by molar-refractivity contribution is 7.99. The van der Waals surface area contributed by atoms with Gasteiger partial charge in [-0.25, -0.2) is 4.79 Å². The number of nitrogens with one attached hydrogen (secondary N) is 1. The van der Waals surface area contributed by atoms with Crippen molar-refractivity contribution < 1.29 is 28.5 Å². The van der Waals surface area contributed by atoms with Crippen LogP contribution in [0.1, 0.15) is 27.2 Å². The summed E-state index contributed by atoms with van der Waals surface area (Å²) in [5.41, 5.74) is -0.377. The summed E-state index contributed by atoms with van der Waals surface area (Å²) in [5, 5.41) is 2.77. The third-order valence-electron chi connectivity index (χ3n) is 4.31. The maximum atomic E-state index is 12.0. The highest BCUT2D eigenvalue weighted by Gasteiger charge is 2.55. The maximum absolute atomic E-state index is 12.0.